The van der Waals surface area contributed by atoms with Crippen molar-refractivity contribution in [1.29, 1.82) is 0 Å². The minimum Gasteiger partial charge on any atom is -0.508 e. The van der Waals surface area contributed by atoms with E-state index in [-0.39, 0.29) is 5.75 Å². The van der Waals surface area contributed by atoms with Crippen molar-refractivity contribution < 1.29 is 9.84 Å². The summed E-state index contributed by atoms with van der Waals surface area (Å²) >= 11 is 0. The first-order chi connectivity index (χ1) is 11.2. The molecule has 23 heavy (non-hydrogen) atoms. The highest BCUT2D eigenvalue weighted by Crippen LogP contribution is 2.54. The van der Waals surface area contributed by atoms with Crippen LogP contribution in [0.25, 0.3) is 16.6 Å². The number of rotatable bonds is 2. The van der Waals surface area contributed by atoms with Gasteiger partial charge in [0.1, 0.15) is 5.75 Å². The largest absolute Gasteiger partial charge is 0.508 e. The molecule has 5 rings (SSSR count). The van der Waals surface area contributed by atoms with E-state index in [0.717, 1.165) is 35.5 Å². The van der Waals surface area contributed by atoms with Crippen LogP contribution >= 0.6 is 0 Å². The lowest BCUT2D eigenvalue weighted by Crippen LogP contribution is -2.51. The van der Waals surface area contributed by atoms with Gasteiger partial charge < -0.3 is 9.84 Å². The van der Waals surface area contributed by atoms with Gasteiger partial charge in [-0.25, -0.2) is 4.68 Å². The Balaban J connectivity index is 1.50. The maximum atomic E-state index is 9.74. The number of pyridine rings is 1. The summed E-state index contributed by atoms with van der Waals surface area (Å²) in [6.45, 7) is 1.82. The Morgan fingerprint density at radius 2 is 2.04 bits per heavy atom. The van der Waals surface area contributed by atoms with Crippen LogP contribution in [0.4, 0.5) is 0 Å². The van der Waals surface area contributed by atoms with Gasteiger partial charge in [-0.2, -0.15) is 5.10 Å². The van der Waals surface area contributed by atoms with Gasteiger partial charge in [-0.3, -0.25) is 4.98 Å². The van der Waals surface area contributed by atoms with E-state index in [1.54, 1.807) is 12.1 Å². The number of hydrogen-bond acceptors (Lipinski definition) is 4. The zero-order valence-corrected chi connectivity index (χ0v) is 12.6. The molecular formula is C18H17N3O2. The fourth-order valence-electron chi connectivity index (χ4n) is 3.83. The summed E-state index contributed by atoms with van der Waals surface area (Å²) in [6, 6.07) is 9.38. The normalized spacial score (nSPS) is 19.7. The average Bonchev–Trinajstić information content (AvgIpc) is 2.87. The van der Waals surface area contributed by atoms with E-state index >= 15 is 0 Å². The van der Waals surface area contributed by atoms with Gasteiger partial charge in [-0.1, -0.05) is 0 Å². The number of fused-ring (bicyclic) bond motifs is 1. The number of phenolic OH excluding ortho intramolecular Hbond substituents is 1. The summed E-state index contributed by atoms with van der Waals surface area (Å²) in [4.78, 5) is 4.56. The molecule has 1 saturated heterocycles. The van der Waals surface area contributed by atoms with Crippen molar-refractivity contribution >= 4 is 10.9 Å². The molecule has 1 aromatic carbocycles. The molecule has 0 bridgehead atoms. The molecule has 1 aliphatic carbocycles. The van der Waals surface area contributed by atoms with Crippen LogP contribution in [0, 0.1) is 5.41 Å². The topological polar surface area (TPSA) is 60.2 Å². The maximum absolute atomic E-state index is 9.74. The fourth-order valence-corrected chi connectivity index (χ4v) is 3.83. The molecule has 3 aromatic rings. The second kappa shape index (κ2) is 4.55. The summed E-state index contributed by atoms with van der Waals surface area (Å²) in [7, 11) is 0. The molecule has 2 fully saturated rings. The molecule has 5 heteroatoms. The van der Waals surface area contributed by atoms with Gasteiger partial charge in [0.25, 0.3) is 0 Å². The average molecular weight is 307 g/mol. The Morgan fingerprint density at radius 3 is 2.83 bits per heavy atom. The number of phenols is 1. The maximum Gasteiger partial charge on any atom is 0.117 e. The van der Waals surface area contributed by atoms with Gasteiger partial charge in [0.05, 0.1) is 30.6 Å². The first-order valence-electron chi connectivity index (χ1n) is 7.93. The second-order valence-electron chi connectivity index (χ2n) is 6.84. The molecule has 0 radical (unpaired) electrons. The molecule has 116 valence electrons. The van der Waals surface area contributed by atoms with Crippen LogP contribution in [0.2, 0.25) is 0 Å². The van der Waals surface area contributed by atoms with Gasteiger partial charge >= 0.3 is 0 Å². The number of aromatic nitrogens is 3. The Hall–Kier alpha value is -2.40. The first kappa shape index (κ1) is 13.1. The van der Waals surface area contributed by atoms with Gasteiger partial charge in [-0.15, -0.1) is 0 Å². The van der Waals surface area contributed by atoms with Crippen LogP contribution in [-0.2, 0) is 4.74 Å². The molecule has 0 amide bonds. The van der Waals surface area contributed by atoms with Crippen LogP contribution in [0.15, 0.2) is 42.7 Å². The number of benzene rings is 1. The van der Waals surface area contributed by atoms with Crippen LogP contribution in [0.5, 0.6) is 5.75 Å². The molecule has 1 aliphatic heterocycles. The number of aromatic hydroxyl groups is 1. The van der Waals surface area contributed by atoms with E-state index in [2.05, 4.69) is 16.1 Å². The van der Waals surface area contributed by atoms with E-state index in [1.807, 2.05) is 29.2 Å². The molecule has 1 saturated carbocycles. The van der Waals surface area contributed by atoms with Crippen LogP contribution in [-0.4, -0.2) is 33.1 Å². The highest BCUT2D eigenvalue weighted by molar-refractivity contribution is 5.81. The van der Waals surface area contributed by atoms with E-state index in [4.69, 9.17) is 4.74 Å². The first-order valence-corrected chi connectivity index (χ1v) is 7.93. The Morgan fingerprint density at radius 1 is 1.17 bits per heavy atom. The number of nitrogens with zero attached hydrogens (tertiary/aromatic N) is 3. The SMILES string of the molecule is Oc1ccc2cnn(-c3ccnc(C4CC5(COC5)C4)c3)c2c1. The van der Waals surface area contributed by atoms with Crippen LogP contribution in [0.3, 0.4) is 0 Å². The van der Waals surface area contributed by atoms with E-state index in [0.29, 0.717) is 11.3 Å². The van der Waals surface area contributed by atoms with Gasteiger partial charge in [0.2, 0.25) is 0 Å². The molecule has 5 nitrogen and oxygen atoms in total. The van der Waals surface area contributed by atoms with Crippen molar-refractivity contribution in [3.8, 4) is 11.4 Å². The highest BCUT2D eigenvalue weighted by atomic mass is 16.5. The lowest BCUT2D eigenvalue weighted by atomic mass is 9.60. The van der Waals surface area contributed by atoms with Crippen molar-refractivity contribution in [2.75, 3.05) is 13.2 Å². The molecular weight excluding hydrogens is 290 g/mol. The molecule has 0 atom stereocenters. The predicted octanol–water partition coefficient (Wildman–Crippen LogP) is 3.02. The minimum absolute atomic E-state index is 0.249. The summed E-state index contributed by atoms with van der Waals surface area (Å²) in [5, 5.41) is 15.2. The smallest absolute Gasteiger partial charge is 0.117 e. The second-order valence-corrected chi connectivity index (χ2v) is 6.84. The van der Waals surface area contributed by atoms with Crippen molar-refractivity contribution in [3.05, 3.63) is 48.4 Å². The minimum atomic E-state index is 0.249. The van der Waals surface area contributed by atoms with E-state index in [1.165, 1.54) is 12.8 Å². The van der Waals surface area contributed by atoms with Crippen molar-refractivity contribution in [1.82, 2.24) is 14.8 Å². The lowest BCUT2D eigenvalue weighted by Gasteiger charge is -2.53. The third-order valence-electron chi connectivity index (χ3n) is 5.16. The quantitative estimate of drug-likeness (QED) is 0.790. The van der Waals surface area contributed by atoms with Crippen LogP contribution < -0.4 is 0 Å². The zero-order chi connectivity index (χ0) is 15.4. The standard InChI is InChI=1S/C18H17N3O2/c22-15-2-1-12-9-20-21(17(12)6-15)14-3-4-19-16(5-14)13-7-18(8-13)10-23-11-18/h1-6,9,13,22H,7-8,10-11H2. The molecule has 1 spiro atoms. The summed E-state index contributed by atoms with van der Waals surface area (Å²) in [5.74, 6) is 0.772. The number of hydrogen-bond donors (Lipinski definition) is 1. The monoisotopic (exact) mass is 307 g/mol. The van der Waals surface area contributed by atoms with E-state index < -0.39 is 0 Å². The highest BCUT2D eigenvalue weighted by Gasteiger charge is 2.50. The summed E-state index contributed by atoms with van der Waals surface area (Å²) < 4.78 is 7.21. The van der Waals surface area contributed by atoms with Gasteiger partial charge in [0, 0.05) is 34.7 Å². The molecule has 2 aliphatic rings. The summed E-state index contributed by atoms with van der Waals surface area (Å²) in [5.41, 5.74) is 3.46. The Kier molecular flexibility index (Phi) is 2.59. The zero-order valence-electron chi connectivity index (χ0n) is 12.6. The third-order valence-corrected chi connectivity index (χ3v) is 5.16. The van der Waals surface area contributed by atoms with Crippen LogP contribution in [0.1, 0.15) is 24.5 Å². The number of ether oxygens (including phenoxy) is 1. The third kappa shape index (κ3) is 1.96. The Bertz CT molecular complexity index is 890. The van der Waals surface area contributed by atoms with E-state index in [9.17, 15) is 5.11 Å². The molecule has 0 unspecified atom stereocenters. The summed E-state index contributed by atoms with van der Waals surface area (Å²) in [6.07, 6.45) is 6.01. The fraction of sp³-hybridized carbons (Fsp3) is 0.333. The van der Waals surface area contributed by atoms with Crippen molar-refractivity contribution in [2.45, 2.75) is 18.8 Å². The van der Waals surface area contributed by atoms with Crippen molar-refractivity contribution in [3.63, 3.8) is 0 Å². The predicted molar refractivity (Wildman–Crippen MR) is 85.8 cm³/mol. The van der Waals surface area contributed by atoms with Crippen molar-refractivity contribution in [2.24, 2.45) is 5.41 Å². The molecule has 1 N–H and O–H groups in total. The Labute approximate surface area is 133 Å². The lowest BCUT2D eigenvalue weighted by molar-refractivity contribution is -0.164. The van der Waals surface area contributed by atoms with Gasteiger partial charge in [0.15, 0.2) is 0 Å². The van der Waals surface area contributed by atoms with Gasteiger partial charge in [-0.05, 0) is 37.1 Å². The molecule has 2 aromatic heterocycles. The molecule has 3 heterocycles.